The second-order valence-electron chi connectivity index (χ2n) is 4.57. The number of rotatable bonds is 4. The summed E-state index contributed by atoms with van der Waals surface area (Å²) in [5.41, 5.74) is 1.85. The second kappa shape index (κ2) is 6.41. The van der Waals surface area contributed by atoms with Gasteiger partial charge in [-0.3, -0.25) is 0 Å². The Bertz CT molecular complexity index is 395. The van der Waals surface area contributed by atoms with Gasteiger partial charge in [-0.2, -0.15) is 0 Å². The lowest BCUT2D eigenvalue weighted by atomic mass is 10.1. The fraction of sp³-hybridized carbons (Fsp3) is 0.571. The fourth-order valence-electron chi connectivity index (χ4n) is 2.55. The third-order valence-electron chi connectivity index (χ3n) is 3.34. The van der Waals surface area contributed by atoms with Crippen LogP contribution in [0.1, 0.15) is 25.3 Å². The molecule has 18 heavy (non-hydrogen) atoms. The summed E-state index contributed by atoms with van der Waals surface area (Å²) in [4.78, 5) is 2.23. The Balaban J connectivity index is 2.20. The van der Waals surface area contributed by atoms with E-state index in [9.17, 15) is 5.11 Å². The van der Waals surface area contributed by atoms with Crippen LogP contribution in [0.4, 0.5) is 5.69 Å². The van der Waals surface area contributed by atoms with E-state index >= 15 is 0 Å². The number of aliphatic hydroxyl groups is 1. The van der Waals surface area contributed by atoms with Gasteiger partial charge in [-0.15, -0.1) is 0 Å². The van der Waals surface area contributed by atoms with Gasteiger partial charge in [0.25, 0.3) is 0 Å². The first-order chi connectivity index (χ1) is 8.76. The lowest BCUT2D eigenvalue weighted by Crippen LogP contribution is -2.40. The van der Waals surface area contributed by atoms with Crippen LogP contribution in [0.5, 0.6) is 0 Å². The fourth-order valence-corrected chi connectivity index (χ4v) is 2.87. The maximum Gasteiger partial charge on any atom is 0.0750 e. The standard InChI is InChI=1S/C14H20ClNO2/c1-2-18-12-6-4-8-16(9-12)14-11(10-17)5-3-7-13(14)15/h3,5,7,12,17H,2,4,6,8-10H2,1H3. The Morgan fingerprint density at radius 1 is 1.50 bits per heavy atom. The second-order valence-corrected chi connectivity index (χ2v) is 4.98. The van der Waals surface area contributed by atoms with Crippen molar-refractivity contribution in [2.24, 2.45) is 0 Å². The number of hydrogen-bond acceptors (Lipinski definition) is 3. The van der Waals surface area contributed by atoms with Crippen LogP contribution >= 0.6 is 11.6 Å². The molecule has 100 valence electrons. The molecule has 2 rings (SSSR count). The van der Waals surface area contributed by atoms with Crippen molar-refractivity contribution in [1.82, 2.24) is 0 Å². The Kier molecular flexibility index (Phi) is 4.87. The van der Waals surface area contributed by atoms with Crippen LogP contribution in [0.3, 0.4) is 0 Å². The summed E-state index contributed by atoms with van der Waals surface area (Å²) >= 11 is 6.27. The highest BCUT2D eigenvalue weighted by molar-refractivity contribution is 6.33. The van der Waals surface area contributed by atoms with Gasteiger partial charge in [-0.05, 0) is 25.8 Å². The molecule has 1 aliphatic heterocycles. The van der Waals surface area contributed by atoms with Gasteiger partial charge in [0.15, 0.2) is 0 Å². The maximum atomic E-state index is 9.43. The minimum Gasteiger partial charge on any atom is -0.392 e. The summed E-state index contributed by atoms with van der Waals surface area (Å²) in [6.45, 7) is 4.61. The molecule has 1 atom stereocenters. The molecule has 0 amide bonds. The SMILES string of the molecule is CCOC1CCCN(c2c(Cl)cccc2CO)C1. The number of anilines is 1. The minimum absolute atomic E-state index is 0.0195. The van der Waals surface area contributed by atoms with Crippen LogP contribution in [0, 0.1) is 0 Å². The number of ether oxygens (including phenoxy) is 1. The molecule has 1 heterocycles. The maximum absolute atomic E-state index is 9.43. The van der Waals surface area contributed by atoms with Crippen LogP contribution in [0.2, 0.25) is 5.02 Å². The van der Waals surface area contributed by atoms with E-state index in [1.54, 1.807) is 0 Å². The van der Waals surface area contributed by atoms with Gasteiger partial charge in [0, 0.05) is 25.3 Å². The van der Waals surface area contributed by atoms with Gasteiger partial charge in [-0.25, -0.2) is 0 Å². The number of nitrogens with zero attached hydrogens (tertiary/aromatic N) is 1. The van der Waals surface area contributed by atoms with E-state index in [2.05, 4.69) is 4.90 Å². The monoisotopic (exact) mass is 269 g/mol. The lowest BCUT2D eigenvalue weighted by molar-refractivity contribution is 0.0526. The molecule has 0 bridgehead atoms. The van der Waals surface area contributed by atoms with E-state index in [0.29, 0.717) is 5.02 Å². The topological polar surface area (TPSA) is 32.7 Å². The molecule has 3 nitrogen and oxygen atoms in total. The first-order valence-corrected chi connectivity index (χ1v) is 6.88. The highest BCUT2D eigenvalue weighted by Gasteiger charge is 2.23. The van der Waals surface area contributed by atoms with Crippen molar-refractivity contribution in [1.29, 1.82) is 0 Å². The summed E-state index contributed by atoms with van der Waals surface area (Å²) in [7, 11) is 0. The van der Waals surface area contributed by atoms with Crippen LogP contribution in [0.25, 0.3) is 0 Å². The van der Waals surface area contributed by atoms with E-state index in [0.717, 1.165) is 43.8 Å². The van der Waals surface area contributed by atoms with Gasteiger partial charge in [0.1, 0.15) is 0 Å². The zero-order valence-corrected chi connectivity index (χ0v) is 11.5. The molecule has 1 fully saturated rings. The number of piperidine rings is 1. The van der Waals surface area contributed by atoms with Crippen LogP contribution in [-0.4, -0.2) is 30.9 Å². The Morgan fingerprint density at radius 3 is 3.06 bits per heavy atom. The van der Waals surface area contributed by atoms with Crippen molar-refractivity contribution >= 4 is 17.3 Å². The number of aliphatic hydroxyl groups excluding tert-OH is 1. The van der Waals surface area contributed by atoms with E-state index in [1.807, 2.05) is 25.1 Å². The van der Waals surface area contributed by atoms with Crippen LogP contribution in [-0.2, 0) is 11.3 Å². The summed E-state index contributed by atoms with van der Waals surface area (Å²) in [6, 6.07) is 5.67. The van der Waals surface area contributed by atoms with Crippen molar-refractivity contribution in [3.8, 4) is 0 Å². The zero-order chi connectivity index (χ0) is 13.0. The summed E-state index contributed by atoms with van der Waals surface area (Å²) in [5, 5.41) is 10.1. The minimum atomic E-state index is 0.0195. The van der Waals surface area contributed by atoms with E-state index in [4.69, 9.17) is 16.3 Å². The predicted octanol–water partition coefficient (Wildman–Crippen LogP) is 2.84. The van der Waals surface area contributed by atoms with Crippen molar-refractivity contribution < 1.29 is 9.84 Å². The molecule has 1 aromatic rings. The largest absolute Gasteiger partial charge is 0.392 e. The van der Waals surface area contributed by atoms with Gasteiger partial charge < -0.3 is 14.7 Å². The Labute approximate surface area is 113 Å². The quantitative estimate of drug-likeness (QED) is 0.912. The highest BCUT2D eigenvalue weighted by atomic mass is 35.5. The molecular formula is C14H20ClNO2. The Morgan fingerprint density at radius 2 is 2.33 bits per heavy atom. The molecule has 1 aromatic carbocycles. The molecule has 0 radical (unpaired) electrons. The van der Waals surface area contributed by atoms with E-state index < -0.39 is 0 Å². The number of halogens is 1. The van der Waals surface area contributed by atoms with Crippen LogP contribution < -0.4 is 4.90 Å². The lowest BCUT2D eigenvalue weighted by Gasteiger charge is -2.35. The molecule has 4 heteroatoms. The normalized spacial score (nSPS) is 20.2. The molecule has 0 aliphatic carbocycles. The average Bonchev–Trinajstić information content (AvgIpc) is 2.39. The molecule has 1 aliphatic rings. The third kappa shape index (κ3) is 2.97. The number of para-hydroxylation sites is 1. The molecule has 1 N–H and O–H groups in total. The van der Waals surface area contributed by atoms with Gasteiger partial charge >= 0.3 is 0 Å². The predicted molar refractivity (Wildman–Crippen MR) is 74.2 cm³/mol. The summed E-state index contributed by atoms with van der Waals surface area (Å²) in [5.74, 6) is 0. The van der Waals surface area contributed by atoms with Crippen molar-refractivity contribution in [3.63, 3.8) is 0 Å². The summed E-state index contributed by atoms with van der Waals surface area (Å²) < 4.78 is 5.70. The Hall–Kier alpha value is -0.770. The van der Waals surface area contributed by atoms with Gasteiger partial charge in [0.05, 0.1) is 23.4 Å². The van der Waals surface area contributed by atoms with Gasteiger partial charge in [0.2, 0.25) is 0 Å². The van der Waals surface area contributed by atoms with Crippen molar-refractivity contribution in [2.75, 3.05) is 24.6 Å². The summed E-state index contributed by atoms with van der Waals surface area (Å²) in [6.07, 6.45) is 2.47. The van der Waals surface area contributed by atoms with Crippen LogP contribution in [0.15, 0.2) is 18.2 Å². The molecule has 0 aromatic heterocycles. The van der Waals surface area contributed by atoms with Gasteiger partial charge in [-0.1, -0.05) is 23.7 Å². The molecule has 1 unspecified atom stereocenters. The smallest absolute Gasteiger partial charge is 0.0750 e. The number of benzene rings is 1. The molecule has 0 saturated carbocycles. The zero-order valence-electron chi connectivity index (χ0n) is 10.7. The first-order valence-electron chi connectivity index (χ1n) is 6.51. The highest BCUT2D eigenvalue weighted by Crippen LogP contribution is 2.32. The molecular weight excluding hydrogens is 250 g/mol. The third-order valence-corrected chi connectivity index (χ3v) is 3.64. The molecule has 1 saturated heterocycles. The number of hydrogen-bond donors (Lipinski definition) is 1. The van der Waals surface area contributed by atoms with Crippen molar-refractivity contribution in [2.45, 2.75) is 32.5 Å². The van der Waals surface area contributed by atoms with E-state index in [1.165, 1.54) is 0 Å². The first kappa shape index (κ1) is 13.7. The average molecular weight is 270 g/mol. The molecule has 0 spiro atoms. The van der Waals surface area contributed by atoms with E-state index in [-0.39, 0.29) is 12.7 Å². The van der Waals surface area contributed by atoms with Crippen molar-refractivity contribution in [3.05, 3.63) is 28.8 Å².